The van der Waals surface area contributed by atoms with Gasteiger partial charge in [-0.25, -0.2) is 4.79 Å². The number of carbonyl (C=O) groups is 2. The Balaban J connectivity index is 1.38. The number of benzene rings is 3. The van der Waals surface area contributed by atoms with Crippen LogP contribution in [0.1, 0.15) is 42.7 Å². The van der Waals surface area contributed by atoms with E-state index in [4.69, 9.17) is 0 Å². The highest BCUT2D eigenvalue weighted by atomic mass is 16.4. The lowest BCUT2D eigenvalue weighted by Gasteiger charge is -2.26. The smallest absolute Gasteiger partial charge is 0.333 e. The van der Waals surface area contributed by atoms with Gasteiger partial charge in [0.05, 0.1) is 5.57 Å². The minimum absolute atomic E-state index is 0.139. The van der Waals surface area contributed by atoms with Crippen LogP contribution in [0.5, 0.6) is 0 Å². The standard InChI is InChI=1S/C28H27NO3/c30-27(18-13-20-11-14-23(15-12-20)21-7-3-1-4-8-21)29-26-19-24(16-17-25(26)28(31)32)22-9-5-2-6-10-22/h1-12,14-15,24H,13,16-19H2,(H,29,30)(H,31,32). The number of aryl methyl sites for hydroxylation is 1. The van der Waals surface area contributed by atoms with Gasteiger partial charge in [-0.1, -0.05) is 84.9 Å². The third kappa shape index (κ3) is 5.33. The topological polar surface area (TPSA) is 66.4 Å². The third-order valence-corrected chi connectivity index (χ3v) is 6.08. The molecule has 2 N–H and O–H groups in total. The second-order valence-electron chi connectivity index (χ2n) is 8.22. The molecule has 0 aromatic heterocycles. The Hall–Kier alpha value is -3.66. The van der Waals surface area contributed by atoms with Crippen molar-refractivity contribution in [1.82, 2.24) is 5.32 Å². The summed E-state index contributed by atoms with van der Waals surface area (Å²) in [6.45, 7) is 0. The van der Waals surface area contributed by atoms with Gasteiger partial charge in [-0.2, -0.15) is 0 Å². The van der Waals surface area contributed by atoms with Crippen LogP contribution in [0.25, 0.3) is 11.1 Å². The number of aliphatic carboxylic acids is 1. The first-order chi connectivity index (χ1) is 15.6. The Bertz CT molecular complexity index is 1100. The molecule has 0 spiro atoms. The normalized spacial score (nSPS) is 15.9. The number of amides is 1. The van der Waals surface area contributed by atoms with Crippen LogP contribution in [0.3, 0.4) is 0 Å². The molecule has 3 aromatic rings. The zero-order valence-electron chi connectivity index (χ0n) is 18.0. The maximum absolute atomic E-state index is 12.6. The zero-order valence-corrected chi connectivity index (χ0v) is 18.0. The summed E-state index contributed by atoms with van der Waals surface area (Å²) in [5.74, 6) is -0.858. The average molecular weight is 426 g/mol. The summed E-state index contributed by atoms with van der Waals surface area (Å²) < 4.78 is 0. The van der Waals surface area contributed by atoms with Crippen LogP contribution in [-0.4, -0.2) is 17.0 Å². The molecule has 1 aliphatic rings. The zero-order chi connectivity index (χ0) is 22.3. The van der Waals surface area contributed by atoms with E-state index in [0.29, 0.717) is 37.0 Å². The molecule has 0 heterocycles. The van der Waals surface area contributed by atoms with Crippen molar-refractivity contribution in [2.45, 2.75) is 38.0 Å². The van der Waals surface area contributed by atoms with Crippen LogP contribution < -0.4 is 5.32 Å². The Morgan fingerprint density at radius 1 is 0.844 bits per heavy atom. The predicted octanol–water partition coefficient (Wildman–Crippen LogP) is 5.71. The van der Waals surface area contributed by atoms with E-state index in [0.717, 1.165) is 23.1 Å². The number of nitrogens with one attached hydrogen (secondary N) is 1. The van der Waals surface area contributed by atoms with Gasteiger partial charge in [0.25, 0.3) is 0 Å². The molecule has 1 aliphatic carbocycles. The third-order valence-electron chi connectivity index (χ3n) is 6.08. The SMILES string of the molecule is O=C(CCc1ccc(-c2ccccc2)cc1)NC1=C(C(=O)O)CCC(c2ccccc2)C1. The van der Waals surface area contributed by atoms with Crippen molar-refractivity contribution >= 4 is 11.9 Å². The number of hydrogen-bond acceptors (Lipinski definition) is 2. The first-order valence-corrected chi connectivity index (χ1v) is 11.0. The van der Waals surface area contributed by atoms with Gasteiger partial charge in [0.15, 0.2) is 0 Å². The predicted molar refractivity (Wildman–Crippen MR) is 126 cm³/mol. The van der Waals surface area contributed by atoms with Crippen molar-refractivity contribution in [2.75, 3.05) is 0 Å². The average Bonchev–Trinajstić information content (AvgIpc) is 2.84. The van der Waals surface area contributed by atoms with Crippen molar-refractivity contribution < 1.29 is 14.7 Å². The molecule has 162 valence electrons. The van der Waals surface area contributed by atoms with Crippen LogP contribution >= 0.6 is 0 Å². The van der Waals surface area contributed by atoms with E-state index in [1.807, 2.05) is 48.5 Å². The lowest BCUT2D eigenvalue weighted by molar-refractivity contribution is -0.133. The van der Waals surface area contributed by atoms with Crippen molar-refractivity contribution in [3.63, 3.8) is 0 Å². The summed E-state index contributed by atoms with van der Waals surface area (Å²) in [6.07, 6.45) is 2.71. The van der Waals surface area contributed by atoms with Crippen LogP contribution in [0, 0.1) is 0 Å². The van der Waals surface area contributed by atoms with Crippen molar-refractivity contribution in [3.05, 3.63) is 107 Å². The van der Waals surface area contributed by atoms with Gasteiger partial charge in [-0.15, -0.1) is 0 Å². The monoisotopic (exact) mass is 425 g/mol. The van der Waals surface area contributed by atoms with E-state index < -0.39 is 5.97 Å². The Morgan fingerprint density at radius 2 is 1.47 bits per heavy atom. The largest absolute Gasteiger partial charge is 0.478 e. The van der Waals surface area contributed by atoms with Gasteiger partial charge in [0, 0.05) is 12.1 Å². The molecule has 4 heteroatoms. The van der Waals surface area contributed by atoms with Gasteiger partial charge in [-0.3, -0.25) is 4.79 Å². The highest BCUT2D eigenvalue weighted by Crippen LogP contribution is 2.35. The van der Waals surface area contributed by atoms with E-state index in [2.05, 4.69) is 41.7 Å². The molecular formula is C28H27NO3. The fraction of sp³-hybridized carbons (Fsp3) is 0.214. The quantitative estimate of drug-likeness (QED) is 0.510. The molecule has 1 amide bonds. The lowest BCUT2D eigenvalue weighted by atomic mass is 9.82. The summed E-state index contributed by atoms with van der Waals surface area (Å²) >= 11 is 0. The number of carboxylic acids is 1. The number of carbonyl (C=O) groups excluding carboxylic acids is 1. The lowest BCUT2D eigenvalue weighted by Crippen LogP contribution is -2.29. The highest BCUT2D eigenvalue weighted by Gasteiger charge is 2.26. The van der Waals surface area contributed by atoms with Crippen molar-refractivity contribution in [3.8, 4) is 11.1 Å². The summed E-state index contributed by atoms with van der Waals surface area (Å²) in [5, 5.41) is 12.5. The van der Waals surface area contributed by atoms with E-state index in [1.54, 1.807) is 0 Å². The summed E-state index contributed by atoms with van der Waals surface area (Å²) in [5.41, 5.74) is 5.46. The van der Waals surface area contributed by atoms with E-state index in [9.17, 15) is 14.7 Å². The molecular weight excluding hydrogens is 398 g/mol. The highest BCUT2D eigenvalue weighted by molar-refractivity contribution is 5.89. The van der Waals surface area contributed by atoms with Gasteiger partial charge < -0.3 is 10.4 Å². The number of hydrogen-bond donors (Lipinski definition) is 2. The number of carboxylic acid groups (broad SMARTS) is 1. The number of rotatable bonds is 7. The molecule has 1 atom stereocenters. The summed E-state index contributed by atoms with van der Waals surface area (Å²) in [4.78, 5) is 24.4. The second kappa shape index (κ2) is 10.1. The fourth-order valence-corrected chi connectivity index (χ4v) is 4.30. The minimum atomic E-state index is -0.941. The van der Waals surface area contributed by atoms with Gasteiger partial charge in [0.2, 0.25) is 5.91 Å². The molecule has 32 heavy (non-hydrogen) atoms. The van der Waals surface area contributed by atoms with Crippen molar-refractivity contribution in [1.29, 1.82) is 0 Å². The Kier molecular flexibility index (Phi) is 6.81. The molecule has 0 fully saturated rings. The van der Waals surface area contributed by atoms with Gasteiger partial charge in [-0.05, 0) is 53.9 Å². The first-order valence-electron chi connectivity index (χ1n) is 11.0. The maximum atomic E-state index is 12.6. The Labute approximate surface area is 188 Å². The molecule has 0 bridgehead atoms. The van der Waals surface area contributed by atoms with Gasteiger partial charge in [0.1, 0.15) is 0 Å². The van der Waals surface area contributed by atoms with Crippen LogP contribution in [0.2, 0.25) is 0 Å². The molecule has 0 saturated heterocycles. The van der Waals surface area contributed by atoms with Crippen LogP contribution in [-0.2, 0) is 16.0 Å². The summed E-state index contributed by atoms with van der Waals surface area (Å²) in [7, 11) is 0. The summed E-state index contributed by atoms with van der Waals surface area (Å²) in [6, 6.07) is 28.5. The molecule has 3 aromatic carbocycles. The first kappa shape index (κ1) is 21.6. The van der Waals surface area contributed by atoms with Crippen molar-refractivity contribution in [2.24, 2.45) is 0 Å². The molecule has 4 nitrogen and oxygen atoms in total. The number of allylic oxidation sites excluding steroid dienone is 1. The van der Waals surface area contributed by atoms with E-state index in [1.165, 1.54) is 5.56 Å². The van der Waals surface area contributed by atoms with Crippen LogP contribution in [0.4, 0.5) is 0 Å². The Morgan fingerprint density at radius 3 is 2.12 bits per heavy atom. The molecule has 1 unspecified atom stereocenters. The fourth-order valence-electron chi connectivity index (χ4n) is 4.30. The second-order valence-corrected chi connectivity index (χ2v) is 8.22. The molecule has 0 aliphatic heterocycles. The minimum Gasteiger partial charge on any atom is -0.478 e. The van der Waals surface area contributed by atoms with E-state index in [-0.39, 0.29) is 11.8 Å². The van der Waals surface area contributed by atoms with Gasteiger partial charge >= 0.3 is 5.97 Å². The van der Waals surface area contributed by atoms with Crippen LogP contribution in [0.15, 0.2) is 96.2 Å². The molecule has 0 saturated carbocycles. The maximum Gasteiger partial charge on any atom is 0.333 e. The molecule has 0 radical (unpaired) electrons. The van der Waals surface area contributed by atoms with E-state index >= 15 is 0 Å². The molecule has 4 rings (SSSR count).